The smallest absolute Gasteiger partial charge is 0.309 e. The molecule has 0 saturated heterocycles. The largest absolute Gasteiger partial charge is 0.457 e. The van der Waals surface area contributed by atoms with Crippen LogP contribution in [-0.2, 0) is 14.3 Å². The third-order valence-corrected chi connectivity index (χ3v) is 8.36. The van der Waals surface area contributed by atoms with Gasteiger partial charge < -0.3 is 14.9 Å². The zero-order chi connectivity index (χ0) is 25.9. The van der Waals surface area contributed by atoms with Crippen molar-refractivity contribution in [2.45, 2.75) is 92.0 Å². The molecule has 2 heterocycles. The van der Waals surface area contributed by atoms with Crippen LogP contribution in [0, 0.1) is 24.2 Å². The number of ether oxygens (including phenoxy) is 1. The third kappa shape index (κ3) is 6.57. The van der Waals surface area contributed by atoms with Crippen LogP contribution < -0.4 is 0 Å². The normalized spacial score (nSPS) is 31.1. The number of hydrogen-bond acceptors (Lipinski definition) is 7. The van der Waals surface area contributed by atoms with E-state index in [1.807, 2.05) is 32.0 Å². The topological polar surface area (TPSA) is 96.7 Å². The summed E-state index contributed by atoms with van der Waals surface area (Å²) >= 11 is 1.62. The number of Topliss-reactive ketones (excluding diaryl/α,β-unsaturated/α-hetero) is 1. The highest BCUT2D eigenvalue weighted by atomic mass is 32.1. The first-order valence-corrected chi connectivity index (χ1v) is 13.3. The maximum Gasteiger partial charge on any atom is 0.309 e. The molecular formula is C28H39NO5S. The second-order valence-corrected chi connectivity index (χ2v) is 11.9. The van der Waals surface area contributed by atoms with E-state index in [4.69, 9.17) is 4.74 Å². The highest BCUT2D eigenvalue weighted by Gasteiger charge is 2.42. The van der Waals surface area contributed by atoms with Crippen LogP contribution in [0.25, 0.3) is 10.2 Å². The Labute approximate surface area is 212 Å². The molecule has 0 aliphatic carbocycles. The summed E-state index contributed by atoms with van der Waals surface area (Å²) in [7, 11) is 0. The number of hydrogen-bond donors (Lipinski definition) is 2. The van der Waals surface area contributed by atoms with Crippen molar-refractivity contribution < 1.29 is 24.5 Å². The Kier molecular flexibility index (Phi) is 8.89. The summed E-state index contributed by atoms with van der Waals surface area (Å²) in [6.07, 6.45) is 2.35. The zero-order valence-corrected chi connectivity index (χ0v) is 22.5. The lowest BCUT2D eigenvalue weighted by Gasteiger charge is -2.34. The molecule has 35 heavy (non-hydrogen) atoms. The van der Waals surface area contributed by atoms with Gasteiger partial charge in [-0.25, -0.2) is 4.98 Å². The lowest BCUT2D eigenvalue weighted by atomic mass is 9.73. The summed E-state index contributed by atoms with van der Waals surface area (Å²) in [5.74, 6) is -1.50. The van der Waals surface area contributed by atoms with E-state index >= 15 is 0 Å². The minimum atomic E-state index is -1.22. The number of aryl methyl sites for hydroxylation is 1. The van der Waals surface area contributed by atoms with Crippen molar-refractivity contribution in [2.75, 3.05) is 0 Å². The highest BCUT2D eigenvalue weighted by molar-refractivity contribution is 7.18. The molecule has 192 valence electrons. The number of aromatic nitrogens is 1. The number of nitrogens with zero attached hydrogens (tertiary/aromatic N) is 1. The summed E-state index contributed by atoms with van der Waals surface area (Å²) in [5, 5.41) is 22.6. The number of carbonyl (C=O) groups excluding carboxylic acids is 2. The van der Waals surface area contributed by atoms with E-state index in [-0.39, 0.29) is 18.1 Å². The number of cyclic esters (lactones) is 1. The van der Waals surface area contributed by atoms with Crippen LogP contribution in [0.2, 0.25) is 0 Å². The predicted molar refractivity (Wildman–Crippen MR) is 139 cm³/mol. The first-order valence-electron chi connectivity index (χ1n) is 12.5. The quantitative estimate of drug-likeness (QED) is 0.385. The zero-order valence-electron chi connectivity index (χ0n) is 21.7. The van der Waals surface area contributed by atoms with Crippen molar-refractivity contribution in [2.24, 2.45) is 17.3 Å². The molecule has 1 aromatic heterocycles. The number of carbonyl (C=O) groups is 2. The van der Waals surface area contributed by atoms with E-state index in [9.17, 15) is 19.8 Å². The number of aliphatic hydroxyl groups excluding tert-OH is 2. The molecule has 5 atom stereocenters. The number of allylic oxidation sites excluding steroid dienone is 1. The number of ketones is 1. The Morgan fingerprint density at radius 2 is 1.86 bits per heavy atom. The van der Waals surface area contributed by atoms with Crippen LogP contribution in [0.1, 0.15) is 83.4 Å². The third-order valence-electron chi connectivity index (χ3n) is 7.41. The van der Waals surface area contributed by atoms with E-state index in [0.717, 1.165) is 40.1 Å². The summed E-state index contributed by atoms with van der Waals surface area (Å²) in [4.78, 5) is 30.7. The van der Waals surface area contributed by atoms with E-state index in [1.54, 1.807) is 32.1 Å². The van der Waals surface area contributed by atoms with E-state index in [2.05, 4.69) is 18.0 Å². The van der Waals surface area contributed by atoms with E-state index < -0.39 is 35.6 Å². The number of esters is 1. The molecular weight excluding hydrogens is 462 g/mol. The fraction of sp³-hybridized carbons (Fsp3) is 0.607. The maximum absolute atomic E-state index is 13.2. The summed E-state index contributed by atoms with van der Waals surface area (Å²) < 4.78 is 6.96. The molecule has 1 aromatic carbocycles. The standard InChI is InChI=1S/C28H39NO5S/c1-16-8-7-9-17(2)26(32)18(3)27(33)28(5,6)24(30)15-25(31)34-22(12-10-16)20-11-13-23-21(14-20)29-19(4)35-23/h10-11,13-14,17-18,22,24,26,30,32H,7-9,12,15H2,1-6H3/b16-10+/t17-,18+,22-,24-,26-/m0/s1. The molecule has 1 aliphatic heterocycles. The van der Waals surface area contributed by atoms with Crippen molar-refractivity contribution in [3.8, 4) is 0 Å². The van der Waals surface area contributed by atoms with Crippen LogP contribution in [0.5, 0.6) is 0 Å². The van der Waals surface area contributed by atoms with Crippen LogP contribution >= 0.6 is 11.3 Å². The van der Waals surface area contributed by atoms with Gasteiger partial charge in [0.25, 0.3) is 0 Å². The number of aliphatic hydroxyl groups is 2. The molecule has 0 unspecified atom stereocenters. The Bertz CT molecular complexity index is 1090. The van der Waals surface area contributed by atoms with Gasteiger partial charge in [0.2, 0.25) is 0 Å². The van der Waals surface area contributed by atoms with Gasteiger partial charge in [-0.1, -0.05) is 45.4 Å². The summed E-state index contributed by atoms with van der Waals surface area (Å²) in [6.45, 7) is 11.0. The Hall–Kier alpha value is -2.09. The number of fused-ring (bicyclic) bond motifs is 1. The lowest BCUT2D eigenvalue weighted by molar-refractivity contribution is -0.155. The molecule has 0 bridgehead atoms. The molecule has 7 heteroatoms. The lowest BCUT2D eigenvalue weighted by Crippen LogP contribution is -2.45. The van der Waals surface area contributed by atoms with Crippen molar-refractivity contribution in [1.29, 1.82) is 0 Å². The molecule has 0 spiro atoms. The van der Waals surface area contributed by atoms with Crippen LogP contribution in [0.15, 0.2) is 29.8 Å². The van der Waals surface area contributed by atoms with Crippen LogP contribution in [0.3, 0.4) is 0 Å². The van der Waals surface area contributed by atoms with Gasteiger partial charge in [-0.3, -0.25) is 9.59 Å². The van der Waals surface area contributed by atoms with Gasteiger partial charge in [-0.05, 0) is 56.7 Å². The monoisotopic (exact) mass is 501 g/mol. The van der Waals surface area contributed by atoms with Gasteiger partial charge >= 0.3 is 5.97 Å². The molecule has 2 aromatic rings. The molecule has 1 aliphatic rings. The average Bonchev–Trinajstić information content (AvgIpc) is 3.18. The number of rotatable bonds is 1. The molecule has 0 fully saturated rings. The second-order valence-electron chi connectivity index (χ2n) is 10.7. The summed E-state index contributed by atoms with van der Waals surface area (Å²) in [5.41, 5.74) is 1.73. The fourth-order valence-electron chi connectivity index (χ4n) is 4.81. The van der Waals surface area contributed by atoms with Crippen LogP contribution in [-0.4, -0.2) is 39.2 Å². The molecule has 3 rings (SSSR count). The van der Waals surface area contributed by atoms with E-state index in [0.29, 0.717) is 6.42 Å². The Morgan fingerprint density at radius 3 is 2.57 bits per heavy atom. The molecule has 0 radical (unpaired) electrons. The molecule has 6 nitrogen and oxygen atoms in total. The van der Waals surface area contributed by atoms with Crippen molar-refractivity contribution in [3.05, 3.63) is 40.4 Å². The van der Waals surface area contributed by atoms with Crippen molar-refractivity contribution in [3.63, 3.8) is 0 Å². The first-order chi connectivity index (χ1) is 16.4. The Balaban J connectivity index is 1.91. The minimum Gasteiger partial charge on any atom is -0.457 e. The molecule has 0 saturated carbocycles. The van der Waals surface area contributed by atoms with Gasteiger partial charge in [-0.2, -0.15) is 0 Å². The van der Waals surface area contributed by atoms with Gasteiger partial charge in [0.15, 0.2) is 0 Å². The van der Waals surface area contributed by atoms with Crippen molar-refractivity contribution in [1.82, 2.24) is 4.98 Å². The molecule has 2 N–H and O–H groups in total. The average molecular weight is 502 g/mol. The van der Waals surface area contributed by atoms with E-state index in [1.165, 1.54) is 5.57 Å². The predicted octanol–water partition coefficient (Wildman–Crippen LogP) is 5.69. The second kappa shape index (κ2) is 11.3. The van der Waals surface area contributed by atoms with Gasteiger partial charge in [0.05, 0.1) is 39.3 Å². The first kappa shape index (κ1) is 27.5. The van der Waals surface area contributed by atoms with Gasteiger partial charge in [0, 0.05) is 12.3 Å². The fourth-order valence-corrected chi connectivity index (χ4v) is 5.62. The minimum absolute atomic E-state index is 0.0476. The number of benzene rings is 1. The maximum atomic E-state index is 13.2. The Morgan fingerprint density at radius 1 is 1.14 bits per heavy atom. The molecule has 0 amide bonds. The van der Waals surface area contributed by atoms with Gasteiger partial charge in [-0.15, -0.1) is 11.3 Å². The highest BCUT2D eigenvalue weighted by Crippen LogP contribution is 2.34. The van der Waals surface area contributed by atoms with Gasteiger partial charge in [0.1, 0.15) is 11.9 Å². The van der Waals surface area contributed by atoms with Crippen LogP contribution in [0.4, 0.5) is 0 Å². The van der Waals surface area contributed by atoms with Crippen molar-refractivity contribution >= 4 is 33.3 Å². The summed E-state index contributed by atoms with van der Waals surface area (Å²) in [6, 6.07) is 5.93. The SMILES string of the molecule is C/C1=C\C[C@@H](c2ccc3sc(C)nc3c2)OC(=O)C[C@H](O)C(C)(C)C(=O)[C@H](C)[C@@H](O)[C@@H](C)CCC1. The number of thiazole rings is 1.